The highest BCUT2D eigenvalue weighted by Gasteiger charge is 2.62. The molecule has 1 aromatic heterocycles. The Balaban J connectivity index is 1.49. The Labute approximate surface area is 345 Å². The van der Waals surface area contributed by atoms with E-state index in [-0.39, 0.29) is 54.9 Å². The third kappa shape index (κ3) is 9.38. The molecule has 0 spiro atoms. The Hall–Kier alpha value is -4.29. The van der Waals surface area contributed by atoms with Crippen LogP contribution in [0.3, 0.4) is 0 Å². The maximum Gasteiger partial charge on any atom is 0.317 e. The number of carbonyl (C=O) groups excluding carboxylic acids is 4. The molecule has 326 valence electrons. The lowest BCUT2D eigenvalue weighted by Gasteiger charge is -2.47. The highest BCUT2D eigenvalue weighted by molar-refractivity contribution is 6.03. The summed E-state index contributed by atoms with van der Waals surface area (Å²) < 4.78 is 36.3. The number of methoxy groups -OCH3 is 1. The molecule has 3 fully saturated rings. The minimum atomic E-state index is -1.58. The summed E-state index contributed by atoms with van der Waals surface area (Å²) in [6.07, 6.45) is -3.98. The maximum absolute atomic E-state index is 14.7. The van der Waals surface area contributed by atoms with Gasteiger partial charge in [0, 0.05) is 42.4 Å². The van der Waals surface area contributed by atoms with Crippen molar-refractivity contribution < 1.29 is 57.3 Å². The van der Waals surface area contributed by atoms with Crippen LogP contribution in [0.5, 0.6) is 0 Å². The first-order chi connectivity index (χ1) is 27.8. The van der Waals surface area contributed by atoms with Gasteiger partial charge in [-0.2, -0.15) is 4.98 Å². The molecule has 5 rings (SSSR count). The average molecular weight is 828 g/mol. The fourth-order valence-electron chi connectivity index (χ4n) is 9.18. The van der Waals surface area contributed by atoms with Gasteiger partial charge in [-0.1, -0.05) is 56.2 Å². The van der Waals surface area contributed by atoms with Crippen LogP contribution in [-0.4, -0.2) is 119 Å². The molecule has 3 aliphatic rings. The highest BCUT2D eigenvalue weighted by Crippen LogP contribution is 2.48. The highest BCUT2D eigenvalue weighted by atomic mass is 16.7. The van der Waals surface area contributed by atoms with E-state index in [1.165, 1.54) is 14.0 Å². The van der Waals surface area contributed by atoms with Crippen molar-refractivity contribution in [1.82, 2.24) is 15.0 Å². The number of hydrogen-bond donors (Lipinski definition) is 2. The molecule has 4 heterocycles. The van der Waals surface area contributed by atoms with E-state index in [4.69, 9.17) is 38.8 Å². The van der Waals surface area contributed by atoms with Gasteiger partial charge in [-0.25, -0.2) is 0 Å². The third-order valence-electron chi connectivity index (χ3n) is 12.5. The molecule has 3 N–H and O–H groups in total. The summed E-state index contributed by atoms with van der Waals surface area (Å²) in [7, 11) is 5.16. The first-order valence-corrected chi connectivity index (χ1v) is 20.3. The number of fused-ring (bicyclic) bond motifs is 1. The Morgan fingerprint density at radius 2 is 1.69 bits per heavy atom. The lowest BCUT2D eigenvalue weighted by Crippen LogP contribution is -2.59. The maximum atomic E-state index is 14.7. The molecular formula is C42H61N5O12. The number of hydrogen-bond acceptors (Lipinski definition) is 16. The summed E-state index contributed by atoms with van der Waals surface area (Å²) in [5.74, 6) is -8.52. The lowest BCUT2D eigenvalue weighted by atomic mass is 9.67. The number of amidine groups is 1. The number of carbonyl (C=O) groups is 4. The van der Waals surface area contributed by atoms with Gasteiger partial charge in [0.25, 0.3) is 5.89 Å². The van der Waals surface area contributed by atoms with Crippen LogP contribution in [0.4, 0.5) is 0 Å². The van der Waals surface area contributed by atoms with Crippen LogP contribution < -0.4 is 5.73 Å². The first kappa shape index (κ1) is 45.8. The molecule has 0 aliphatic carbocycles. The number of Topliss-reactive ketones (excluding diaryl/α,β-unsaturated/α-hetero) is 2. The minimum Gasteiger partial charge on any atom is -0.458 e. The van der Waals surface area contributed by atoms with Gasteiger partial charge in [-0.15, -0.1) is 0 Å². The second kappa shape index (κ2) is 18.5. The van der Waals surface area contributed by atoms with Gasteiger partial charge in [0.15, 0.2) is 30.1 Å². The second-order valence-corrected chi connectivity index (χ2v) is 17.0. The van der Waals surface area contributed by atoms with Gasteiger partial charge in [0.1, 0.15) is 29.8 Å². The smallest absolute Gasteiger partial charge is 0.317 e. The van der Waals surface area contributed by atoms with Crippen molar-refractivity contribution in [3.05, 3.63) is 36.2 Å². The normalized spacial score (nSPS) is 37.7. The van der Waals surface area contributed by atoms with E-state index >= 15 is 0 Å². The van der Waals surface area contributed by atoms with Gasteiger partial charge < -0.3 is 48.8 Å². The van der Waals surface area contributed by atoms with Crippen LogP contribution in [0.1, 0.15) is 80.5 Å². The predicted molar refractivity (Wildman–Crippen MR) is 212 cm³/mol. The number of likely N-dealkylation sites (N-methyl/N-ethyl adjacent to an activating group) is 1. The summed E-state index contributed by atoms with van der Waals surface area (Å²) in [6, 6.07) is 8.84. The summed E-state index contributed by atoms with van der Waals surface area (Å²) >= 11 is 0. The number of aromatic nitrogens is 2. The van der Waals surface area contributed by atoms with Gasteiger partial charge in [0.2, 0.25) is 5.82 Å². The quantitative estimate of drug-likeness (QED) is 0.115. The van der Waals surface area contributed by atoms with E-state index in [0.29, 0.717) is 12.0 Å². The number of nitrogens with two attached hydrogens (primary N) is 1. The number of aliphatic hydroxyl groups excluding tert-OH is 1. The second-order valence-electron chi connectivity index (χ2n) is 17.0. The van der Waals surface area contributed by atoms with Crippen molar-refractivity contribution in [3.8, 4) is 11.5 Å². The van der Waals surface area contributed by atoms with Crippen molar-refractivity contribution in [2.75, 3.05) is 21.2 Å². The number of rotatable bonds is 10. The zero-order chi connectivity index (χ0) is 43.6. The molecule has 0 amide bonds. The Morgan fingerprint density at radius 1 is 1.02 bits per heavy atom. The van der Waals surface area contributed by atoms with Crippen molar-refractivity contribution >= 4 is 29.3 Å². The van der Waals surface area contributed by atoms with E-state index in [1.54, 1.807) is 41.5 Å². The SMILES string of the molecule is CC[C@H]1OC(=O)[C@H](C)C(=O)[C@H](C)[C@@H](OC2OC(C)CC(N(C)C)C2O)[C@@](C)(OC)C[C@@H](C)C(=O)[C@H](C)C2C(/C(N)=N\OCc3noc(-c4ccccc4)n3)C(=O)O[C@@]21C. The van der Waals surface area contributed by atoms with E-state index in [2.05, 4.69) is 15.3 Å². The Kier molecular flexibility index (Phi) is 14.4. The summed E-state index contributed by atoms with van der Waals surface area (Å²) in [4.78, 5) is 68.6. The molecule has 17 nitrogen and oxygen atoms in total. The van der Waals surface area contributed by atoms with E-state index in [0.717, 1.165) is 0 Å². The standard InChI is InChI=1S/C42H61N5O12/c1-12-28-42(8)31(30(39(52)58-42)36(43)46-54-20-29-44-37(59-45-29)26-16-14-13-15-17-26)23(4)32(48)21(2)19-41(7,53-11)35(24(5)33(49)25(6)38(51)56-28)57-40-34(50)27(47(9)10)18-22(3)55-40/h13-17,21-25,27-28,30-31,34-35,40,50H,12,18-20H2,1-11H3,(H2,43,46)/t21-,22?,23-,24+,25-,27?,28-,30?,31?,34?,35-,40?,41+,42-/m1/s1. The molecule has 3 saturated heterocycles. The number of ether oxygens (including phenoxy) is 5. The largest absolute Gasteiger partial charge is 0.458 e. The molecule has 2 aromatic rings. The molecule has 14 atom stereocenters. The molecule has 0 radical (unpaired) electrons. The number of benzene rings is 1. The van der Waals surface area contributed by atoms with Crippen molar-refractivity contribution in [3.63, 3.8) is 0 Å². The van der Waals surface area contributed by atoms with Gasteiger partial charge in [-0.05, 0) is 73.2 Å². The molecule has 3 aliphatic heterocycles. The molecule has 6 unspecified atom stereocenters. The molecular weight excluding hydrogens is 766 g/mol. The Bertz CT molecular complexity index is 1840. The van der Waals surface area contributed by atoms with Crippen LogP contribution in [0.25, 0.3) is 11.5 Å². The van der Waals surface area contributed by atoms with Crippen LogP contribution in [0.2, 0.25) is 0 Å². The zero-order valence-electron chi connectivity index (χ0n) is 35.9. The van der Waals surface area contributed by atoms with Gasteiger partial charge in [-0.3, -0.25) is 19.2 Å². The Morgan fingerprint density at radius 3 is 2.32 bits per heavy atom. The minimum absolute atomic E-state index is 0.0473. The average Bonchev–Trinajstić information content (AvgIpc) is 3.79. The monoisotopic (exact) mass is 827 g/mol. The molecule has 17 heteroatoms. The lowest BCUT2D eigenvalue weighted by molar-refractivity contribution is -0.295. The van der Waals surface area contributed by atoms with Crippen molar-refractivity contribution in [1.29, 1.82) is 0 Å². The summed E-state index contributed by atoms with van der Waals surface area (Å²) in [5, 5.41) is 19.4. The predicted octanol–water partition coefficient (Wildman–Crippen LogP) is 3.70. The fourth-order valence-corrected chi connectivity index (χ4v) is 9.18. The zero-order valence-corrected chi connectivity index (χ0v) is 35.9. The first-order valence-electron chi connectivity index (χ1n) is 20.3. The summed E-state index contributed by atoms with van der Waals surface area (Å²) in [5.41, 5.74) is 4.31. The number of esters is 2. The van der Waals surface area contributed by atoms with Crippen molar-refractivity contribution in [2.24, 2.45) is 46.4 Å². The van der Waals surface area contributed by atoms with E-state index in [1.807, 2.05) is 56.3 Å². The van der Waals surface area contributed by atoms with E-state index < -0.39 is 89.0 Å². The number of nitrogens with zero attached hydrogens (tertiary/aromatic N) is 4. The molecule has 0 bridgehead atoms. The fraction of sp³-hybridized carbons (Fsp3) is 0.690. The van der Waals surface area contributed by atoms with Crippen LogP contribution in [0.15, 0.2) is 40.0 Å². The van der Waals surface area contributed by atoms with Crippen molar-refractivity contribution in [2.45, 2.75) is 129 Å². The molecule has 0 saturated carbocycles. The number of aliphatic hydroxyl groups is 1. The van der Waals surface area contributed by atoms with Gasteiger partial charge in [0.05, 0.1) is 17.8 Å². The number of oxime groups is 1. The molecule has 1 aromatic carbocycles. The molecule has 59 heavy (non-hydrogen) atoms. The number of ketones is 2. The van der Waals surface area contributed by atoms with Crippen LogP contribution in [0, 0.1) is 35.5 Å². The van der Waals surface area contributed by atoms with Crippen LogP contribution >= 0.6 is 0 Å². The van der Waals surface area contributed by atoms with E-state index in [9.17, 15) is 24.3 Å². The third-order valence-corrected chi connectivity index (χ3v) is 12.5. The van der Waals surface area contributed by atoms with Gasteiger partial charge >= 0.3 is 11.9 Å². The van der Waals surface area contributed by atoms with Crippen LogP contribution in [-0.2, 0) is 54.3 Å². The topological polar surface area (TPSA) is 224 Å². The number of cyclic esters (lactones) is 1. The summed E-state index contributed by atoms with van der Waals surface area (Å²) in [6.45, 7) is 13.2.